The summed E-state index contributed by atoms with van der Waals surface area (Å²) in [5.41, 5.74) is 0. The highest BCUT2D eigenvalue weighted by molar-refractivity contribution is 4.87. The zero-order chi connectivity index (χ0) is 18.3. The maximum atomic E-state index is 6.29. The summed E-state index contributed by atoms with van der Waals surface area (Å²) in [7, 11) is 0. The Morgan fingerprint density at radius 3 is 1.48 bits per heavy atom. The molecule has 0 aromatic rings. The minimum absolute atomic E-state index is 0.529. The first kappa shape index (κ1) is 20.2. The van der Waals surface area contributed by atoms with E-state index in [9.17, 15) is 0 Å². The minimum atomic E-state index is 0.529. The Hall–Kier alpha value is -0.120. The Morgan fingerprint density at radius 2 is 0.963 bits per heavy atom. The highest BCUT2D eigenvalue weighted by atomic mass is 16.5. The molecule has 0 heterocycles. The SMILES string of the molecule is C1CCC2C(C1)CCCC2OCC[N]CCOC1CCCC2CCCCC21. The van der Waals surface area contributed by atoms with Crippen molar-refractivity contribution < 1.29 is 9.47 Å². The normalized spacial score (nSPS) is 39.6. The summed E-state index contributed by atoms with van der Waals surface area (Å²) in [6.07, 6.45) is 20.8. The average molecular weight is 377 g/mol. The summed E-state index contributed by atoms with van der Waals surface area (Å²) in [5.74, 6) is 3.63. The highest BCUT2D eigenvalue weighted by Gasteiger charge is 2.36. The van der Waals surface area contributed by atoms with Crippen molar-refractivity contribution in [2.45, 2.75) is 102 Å². The fourth-order valence-corrected chi connectivity index (χ4v) is 6.82. The van der Waals surface area contributed by atoms with Crippen LogP contribution in [0.4, 0.5) is 0 Å². The maximum Gasteiger partial charge on any atom is 0.0611 e. The van der Waals surface area contributed by atoms with Crippen LogP contribution in [0.2, 0.25) is 0 Å². The molecule has 4 aliphatic carbocycles. The monoisotopic (exact) mass is 376 g/mol. The first-order chi connectivity index (χ1) is 13.4. The number of fused-ring (bicyclic) bond motifs is 2. The lowest BCUT2D eigenvalue weighted by Gasteiger charge is -2.41. The van der Waals surface area contributed by atoms with Crippen molar-refractivity contribution in [2.24, 2.45) is 23.7 Å². The van der Waals surface area contributed by atoms with Gasteiger partial charge >= 0.3 is 0 Å². The first-order valence-corrected chi connectivity index (χ1v) is 12.3. The van der Waals surface area contributed by atoms with Crippen LogP contribution in [0.5, 0.6) is 0 Å². The Labute approximate surface area is 167 Å². The van der Waals surface area contributed by atoms with Crippen molar-refractivity contribution in [3.63, 3.8) is 0 Å². The molecule has 4 rings (SSSR count). The number of nitrogens with zero attached hydrogens (tertiary/aromatic N) is 1. The van der Waals surface area contributed by atoms with E-state index in [2.05, 4.69) is 0 Å². The molecule has 4 aliphatic rings. The molecule has 27 heavy (non-hydrogen) atoms. The predicted octanol–water partition coefficient (Wildman–Crippen LogP) is 5.34. The second kappa shape index (κ2) is 10.6. The molecule has 0 saturated heterocycles. The quantitative estimate of drug-likeness (QED) is 0.536. The van der Waals surface area contributed by atoms with Crippen molar-refractivity contribution in [3.05, 3.63) is 0 Å². The first-order valence-electron chi connectivity index (χ1n) is 12.3. The Bertz CT molecular complexity index is 387. The van der Waals surface area contributed by atoms with Crippen LogP contribution in [0.3, 0.4) is 0 Å². The second-order valence-electron chi connectivity index (χ2n) is 9.77. The van der Waals surface area contributed by atoms with Crippen LogP contribution < -0.4 is 5.32 Å². The number of ether oxygens (including phenoxy) is 2. The van der Waals surface area contributed by atoms with Crippen molar-refractivity contribution in [2.75, 3.05) is 26.3 Å². The topological polar surface area (TPSA) is 32.6 Å². The Kier molecular flexibility index (Phi) is 7.91. The average Bonchev–Trinajstić information content (AvgIpc) is 2.73. The molecule has 0 spiro atoms. The van der Waals surface area contributed by atoms with Gasteiger partial charge in [-0.25, -0.2) is 5.32 Å². The largest absolute Gasteiger partial charge is 0.377 e. The second-order valence-corrected chi connectivity index (χ2v) is 9.77. The van der Waals surface area contributed by atoms with Crippen LogP contribution in [-0.4, -0.2) is 38.5 Å². The molecule has 4 saturated carbocycles. The summed E-state index contributed by atoms with van der Waals surface area (Å²) < 4.78 is 12.6. The Balaban J connectivity index is 1.07. The predicted molar refractivity (Wildman–Crippen MR) is 110 cm³/mol. The molecule has 4 fully saturated rings. The van der Waals surface area contributed by atoms with Gasteiger partial charge in [0, 0.05) is 13.1 Å². The summed E-state index contributed by atoms with van der Waals surface area (Å²) >= 11 is 0. The van der Waals surface area contributed by atoms with Gasteiger partial charge in [0.05, 0.1) is 25.4 Å². The molecule has 0 aromatic carbocycles. The third-order valence-corrected chi connectivity index (χ3v) is 8.18. The highest BCUT2D eigenvalue weighted by Crippen LogP contribution is 2.42. The number of hydrogen-bond donors (Lipinski definition) is 0. The molecule has 0 bridgehead atoms. The van der Waals surface area contributed by atoms with Crippen molar-refractivity contribution >= 4 is 0 Å². The molecule has 0 N–H and O–H groups in total. The molecule has 6 unspecified atom stereocenters. The van der Waals surface area contributed by atoms with E-state index in [-0.39, 0.29) is 0 Å². The summed E-state index contributed by atoms with van der Waals surface area (Å²) in [6, 6.07) is 0. The van der Waals surface area contributed by atoms with Gasteiger partial charge in [0.1, 0.15) is 0 Å². The van der Waals surface area contributed by atoms with Gasteiger partial charge in [-0.3, -0.25) is 0 Å². The van der Waals surface area contributed by atoms with E-state index in [1.807, 2.05) is 0 Å². The van der Waals surface area contributed by atoms with Crippen LogP contribution in [-0.2, 0) is 9.47 Å². The summed E-state index contributed by atoms with van der Waals surface area (Å²) in [4.78, 5) is 0. The van der Waals surface area contributed by atoms with E-state index >= 15 is 0 Å². The van der Waals surface area contributed by atoms with E-state index in [4.69, 9.17) is 14.8 Å². The van der Waals surface area contributed by atoms with Crippen molar-refractivity contribution in [1.82, 2.24) is 5.32 Å². The standard InChI is InChI=1S/C24H42NO2/c1-3-11-21-19(7-1)9-5-13-23(21)26-17-15-25-16-18-27-24-14-6-10-20-8-2-4-12-22(20)24/h19-24H,1-18H2. The summed E-state index contributed by atoms with van der Waals surface area (Å²) in [5, 5.41) is 4.70. The van der Waals surface area contributed by atoms with Crippen LogP contribution in [0, 0.1) is 23.7 Å². The number of hydrogen-bond acceptors (Lipinski definition) is 2. The van der Waals surface area contributed by atoms with E-state index < -0.39 is 0 Å². The van der Waals surface area contributed by atoms with E-state index in [1.165, 1.54) is 89.9 Å². The van der Waals surface area contributed by atoms with Gasteiger partial charge in [-0.1, -0.05) is 51.4 Å². The van der Waals surface area contributed by atoms with E-state index in [0.29, 0.717) is 12.2 Å². The Morgan fingerprint density at radius 1 is 0.519 bits per heavy atom. The molecule has 3 nitrogen and oxygen atoms in total. The van der Waals surface area contributed by atoms with E-state index in [1.54, 1.807) is 0 Å². The molecule has 155 valence electrons. The molecule has 0 amide bonds. The van der Waals surface area contributed by atoms with Crippen molar-refractivity contribution in [3.8, 4) is 0 Å². The molecular weight excluding hydrogens is 334 g/mol. The van der Waals surface area contributed by atoms with Crippen LogP contribution >= 0.6 is 0 Å². The van der Waals surface area contributed by atoms with Crippen LogP contribution in [0.25, 0.3) is 0 Å². The fourth-order valence-electron chi connectivity index (χ4n) is 6.82. The zero-order valence-corrected chi connectivity index (χ0v) is 17.5. The molecule has 3 heteroatoms. The van der Waals surface area contributed by atoms with Gasteiger partial charge in [0.25, 0.3) is 0 Å². The van der Waals surface area contributed by atoms with Gasteiger partial charge in [-0.2, -0.15) is 0 Å². The van der Waals surface area contributed by atoms with Crippen LogP contribution in [0.15, 0.2) is 0 Å². The molecule has 1 radical (unpaired) electrons. The van der Waals surface area contributed by atoms with Gasteiger partial charge in [-0.15, -0.1) is 0 Å². The lowest BCUT2D eigenvalue weighted by molar-refractivity contribution is -0.0509. The zero-order valence-electron chi connectivity index (χ0n) is 17.5. The maximum absolute atomic E-state index is 6.29. The third-order valence-electron chi connectivity index (χ3n) is 8.18. The van der Waals surface area contributed by atoms with Gasteiger partial charge in [0.2, 0.25) is 0 Å². The minimum Gasteiger partial charge on any atom is -0.377 e. The smallest absolute Gasteiger partial charge is 0.0611 e. The van der Waals surface area contributed by atoms with Gasteiger partial charge in [-0.05, 0) is 62.2 Å². The fraction of sp³-hybridized carbons (Fsp3) is 1.00. The third kappa shape index (κ3) is 5.48. The number of rotatable bonds is 8. The lowest BCUT2D eigenvalue weighted by atomic mass is 9.69. The van der Waals surface area contributed by atoms with E-state index in [0.717, 1.165) is 50.0 Å². The molecular formula is C24H42NO2. The molecule has 0 aromatic heterocycles. The summed E-state index contributed by atoms with van der Waals surface area (Å²) in [6.45, 7) is 3.35. The lowest BCUT2D eigenvalue weighted by Crippen LogP contribution is -2.38. The molecule has 6 atom stereocenters. The van der Waals surface area contributed by atoms with Gasteiger partial charge in [0.15, 0.2) is 0 Å². The molecule has 0 aliphatic heterocycles. The van der Waals surface area contributed by atoms with Gasteiger partial charge < -0.3 is 9.47 Å². The van der Waals surface area contributed by atoms with Crippen LogP contribution in [0.1, 0.15) is 89.9 Å². The van der Waals surface area contributed by atoms with Crippen molar-refractivity contribution in [1.29, 1.82) is 0 Å².